The van der Waals surface area contributed by atoms with E-state index in [0.717, 1.165) is 4.73 Å². The van der Waals surface area contributed by atoms with Crippen molar-refractivity contribution in [2.24, 2.45) is 0 Å². The number of hydrogen-bond acceptors (Lipinski definition) is 3. The Morgan fingerprint density at radius 2 is 2.31 bits per heavy atom. The molecule has 2 N–H and O–H groups in total. The first-order valence-electron chi connectivity index (χ1n) is 3.73. The van der Waals surface area contributed by atoms with Gasteiger partial charge in [-0.25, -0.2) is 9.55 Å². The van der Waals surface area contributed by atoms with Gasteiger partial charge in [0.05, 0.1) is 11.9 Å². The molecule has 0 atom stereocenters. The van der Waals surface area contributed by atoms with Crippen LogP contribution in [0.25, 0.3) is 0 Å². The van der Waals surface area contributed by atoms with Crippen molar-refractivity contribution in [1.82, 2.24) is 9.71 Å². The van der Waals surface area contributed by atoms with Crippen LogP contribution >= 0.6 is 7.82 Å². The zero-order chi connectivity index (χ0) is 10.1. The molecule has 0 saturated carbocycles. The molecule has 13 heavy (non-hydrogen) atoms. The first kappa shape index (κ1) is 10.2. The van der Waals surface area contributed by atoms with Crippen molar-refractivity contribution in [2.75, 3.05) is 0 Å². The number of aromatic nitrogens is 2. The van der Waals surface area contributed by atoms with E-state index in [4.69, 9.17) is 9.79 Å². The average molecular weight is 206 g/mol. The van der Waals surface area contributed by atoms with Gasteiger partial charge < -0.3 is 4.62 Å². The highest BCUT2D eigenvalue weighted by Gasteiger charge is 2.18. The Hall–Kier alpha value is -0.840. The van der Waals surface area contributed by atoms with Crippen LogP contribution in [0.2, 0.25) is 0 Å². The smallest absolute Gasteiger partial charge is 0.310 e. The highest BCUT2D eigenvalue weighted by Crippen LogP contribution is 2.31. The Morgan fingerprint density at radius 1 is 1.69 bits per heavy atom. The van der Waals surface area contributed by atoms with Gasteiger partial charge in [0.1, 0.15) is 5.82 Å². The van der Waals surface area contributed by atoms with Crippen LogP contribution in [0, 0.1) is 6.92 Å². The Morgan fingerprint density at radius 3 is 2.77 bits per heavy atom. The average Bonchev–Trinajstić information content (AvgIpc) is 2.27. The highest BCUT2D eigenvalue weighted by atomic mass is 31.2. The van der Waals surface area contributed by atoms with Gasteiger partial charge >= 0.3 is 7.82 Å². The van der Waals surface area contributed by atoms with E-state index in [2.05, 4.69) is 9.61 Å². The largest absolute Gasteiger partial charge is 0.543 e. The van der Waals surface area contributed by atoms with Crippen LogP contribution in [0.5, 0.6) is 0 Å². The quantitative estimate of drug-likeness (QED) is 0.693. The van der Waals surface area contributed by atoms with Gasteiger partial charge in [0, 0.05) is 6.42 Å². The second-order valence-electron chi connectivity index (χ2n) is 2.55. The number of phosphoric acid groups is 1. The van der Waals surface area contributed by atoms with Crippen LogP contribution < -0.4 is 4.62 Å². The minimum Gasteiger partial charge on any atom is -0.310 e. The van der Waals surface area contributed by atoms with Crippen LogP contribution in [0.1, 0.15) is 18.4 Å². The monoisotopic (exact) mass is 206 g/mol. The lowest BCUT2D eigenvalue weighted by Gasteiger charge is -2.07. The Labute approximate surface area is 75.4 Å². The molecule has 1 aromatic heterocycles. The molecule has 0 spiro atoms. The van der Waals surface area contributed by atoms with Crippen molar-refractivity contribution in [3.05, 3.63) is 17.7 Å². The molecule has 0 radical (unpaired) electrons. The summed E-state index contributed by atoms with van der Waals surface area (Å²) in [5.41, 5.74) is 0.658. The lowest BCUT2D eigenvalue weighted by molar-refractivity contribution is 0.172. The van der Waals surface area contributed by atoms with Crippen LogP contribution in [0.4, 0.5) is 0 Å². The molecule has 7 heteroatoms. The normalized spacial score (nSPS) is 11.7. The van der Waals surface area contributed by atoms with E-state index in [0.29, 0.717) is 17.9 Å². The van der Waals surface area contributed by atoms with Gasteiger partial charge in [0.25, 0.3) is 0 Å². The summed E-state index contributed by atoms with van der Waals surface area (Å²) >= 11 is 0. The predicted octanol–water partition coefficient (Wildman–Crippen LogP) is 0.275. The van der Waals surface area contributed by atoms with Gasteiger partial charge in [-0.1, -0.05) is 6.92 Å². The predicted molar refractivity (Wildman–Crippen MR) is 45.0 cm³/mol. The third kappa shape index (κ3) is 2.84. The number of imidazole rings is 1. The zero-order valence-corrected chi connectivity index (χ0v) is 8.23. The molecule has 6 nitrogen and oxygen atoms in total. The second-order valence-corrected chi connectivity index (χ2v) is 3.69. The first-order chi connectivity index (χ1) is 5.92. The number of rotatable bonds is 3. The summed E-state index contributed by atoms with van der Waals surface area (Å²) in [5, 5.41) is 0. The minimum absolute atomic E-state index is 0.487. The van der Waals surface area contributed by atoms with Gasteiger partial charge in [0.15, 0.2) is 0 Å². The summed E-state index contributed by atoms with van der Waals surface area (Å²) in [6, 6.07) is 0. The summed E-state index contributed by atoms with van der Waals surface area (Å²) in [6.07, 6.45) is 1.98. The lowest BCUT2D eigenvalue weighted by Crippen LogP contribution is -2.10. The van der Waals surface area contributed by atoms with Crippen LogP contribution in [0.3, 0.4) is 0 Å². The summed E-state index contributed by atoms with van der Waals surface area (Å²) in [7, 11) is -4.49. The Kier molecular flexibility index (Phi) is 2.75. The molecule has 0 aliphatic carbocycles. The molecule has 0 aliphatic heterocycles. The summed E-state index contributed by atoms with van der Waals surface area (Å²) in [4.78, 5) is 21.1. The fourth-order valence-corrected chi connectivity index (χ4v) is 1.32. The van der Waals surface area contributed by atoms with E-state index in [9.17, 15) is 4.57 Å². The van der Waals surface area contributed by atoms with Crippen LogP contribution in [-0.4, -0.2) is 19.5 Å². The molecule has 0 unspecified atom stereocenters. The molecule has 0 aliphatic rings. The summed E-state index contributed by atoms with van der Waals surface area (Å²) < 4.78 is 15.9. The standard InChI is InChI=1S/C6H11N2O4P/c1-3-6-7-5(2)4-8(6)12-13(9,10)11/h4H,3H2,1-2H3,(H2,9,10,11). The molecule has 0 fully saturated rings. The minimum atomic E-state index is -4.49. The summed E-state index contributed by atoms with van der Waals surface area (Å²) in [5.74, 6) is 0.487. The van der Waals surface area contributed by atoms with Crippen molar-refractivity contribution in [3.63, 3.8) is 0 Å². The molecule has 0 amide bonds. The van der Waals surface area contributed by atoms with E-state index in [1.807, 2.05) is 6.92 Å². The van der Waals surface area contributed by atoms with E-state index < -0.39 is 7.82 Å². The Balaban J connectivity index is 2.93. The number of hydrogen-bond donors (Lipinski definition) is 2. The summed E-state index contributed by atoms with van der Waals surface area (Å²) in [6.45, 7) is 3.54. The van der Waals surface area contributed by atoms with Gasteiger partial charge in [-0.2, -0.15) is 4.73 Å². The highest BCUT2D eigenvalue weighted by molar-refractivity contribution is 7.46. The van der Waals surface area contributed by atoms with Crippen molar-refractivity contribution >= 4 is 7.82 Å². The molecular formula is C6H11N2O4P. The van der Waals surface area contributed by atoms with Gasteiger partial charge in [-0.05, 0) is 6.92 Å². The molecule has 1 rings (SSSR count). The third-order valence-corrected chi connectivity index (χ3v) is 1.76. The SMILES string of the molecule is CCc1nc(C)cn1OP(=O)(O)O. The lowest BCUT2D eigenvalue weighted by atomic mass is 10.5. The maximum atomic E-state index is 10.5. The fourth-order valence-electron chi connectivity index (χ4n) is 0.946. The van der Waals surface area contributed by atoms with E-state index in [1.165, 1.54) is 6.20 Å². The molecule has 0 aromatic carbocycles. The van der Waals surface area contributed by atoms with Crippen molar-refractivity contribution in [3.8, 4) is 0 Å². The van der Waals surface area contributed by atoms with Gasteiger partial charge in [0.2, 0.25) is 0 Å². The van der Waals surface area contributed by atoms with Gasteiger partial charge in [-0.15, -0.1) is 0 Å². The first-order valence-corrected chi connectivity index (χ1v) is 5.26. The Bertz CT molecular complexity index is 342. The number of nitrogens with zero attached hydrogens (tertiary/aromatic N) is 2. The number of aryl methyl sites for hydroxylation is 2. The third-order valence-electron chi connectivity index (χ3n) is 1.37. The fraction of sp³-hybridized carbons (Fsp3) is 0.500. The van der Waals surface area contributed by atoms with Crippen LogP contribution in [0.15, 0.2) is 6.20 Å². The van der Waals surface area contributed by atoms with E-state index in [-0.39, 0.29) is 0 Å². The maximum Gasteiger partial charge on any atom is 0.543 e. The molecule has 0 saturated heterocycles. The topological polar surface area (TPSA) is 84.6 Å². The molecule has 1 aromatic rings. The molecule has 74 valence electrons. The van der Waals surface area contributed by atoms with Gasteiger partial charge in [-0.3, -0.25) is 9.79 Å². The molecule has 1 heterocycles. The zero-order valence-electron chi connectivity index (χ0n) is 7.34. The molecular weight excluding hydrogens is 195 g/mol. The van der Waals surface area contributed by atoms with E-state index >= 15 is 0 Å². The van der Waals surface area contributed by atoms with Crippen LogP contribution in [-0.2, 0) is 11.0 Å². The van der Waals surface area contributed by atoms with Crippen molar-refractivity contribution in [1.29, 1.82) is 0 Å². The maximum absolute atomic E-state index is 10.5. The second kappa shape index (κ2) is 3.49. The van der Waals surface area contributed by atoms with Crippen molar-refractivity contribution in [2.45, 2.75) is 20.3 Å². The molecule has 0 bridgehead atoms. The van der Waals surface area contributed by atoms with Crippen molar-refractivity contribution < 1.29 is 19.0 Å². The van der Waals surface area contributed by atoms with E-state index in [1.54, 1.807) is 6.92 Å².